The van der Waals surface area contributed by atoms with Crippen LogP contribution in [-0.4, -0.2) is 24.5 Å². The lowest BCUT2D eigenvalue weighted by Crippen LogP contribution is -2.35. The number of rotatable bonds is 5. The second-order valence-corrected chi connectivity index (χ2v) is 6.37. The van der Waals surface area contributed by atoms with Gasteiger partial charge in [0.15, 0.2) is 0 Å². The fourth-order valence-electron chi connectivity index (χ4n) is 2.40. The topological polar surface area (TPSA) is 3.24 Å². The van der Waals surface area contributed by atoms with Gasteiger partial charge >= 0.3 is 0 Å². The molecule has 0 saturated carbocycles. The van der Waals surface area contributed by atoms with Crippen molar-refractivity contribution in [1.82, 2.24) is 4.90 Å². The van der Waals surface area contributed by atoms with Crippen molar-refractivity contribution in [2.24, 2.45) is 5.41 Å². The van der Waals surface area contributed by atoms with E-state index in [4.69, 9.17) is 0 Å². The Bertz CT molecular complexity index is 222. The molecule has 0 aromatic carbocycles. The lowest BCUT2D eigenvalue weighted by atomic mass is 9.94. The molecular formula is C15H29N. The van der Waals surface area contributed by atoms with E-state index in [1.807, 2.05) is 0 Å². The quantitative estimate of drug-likeness (QED) is 0.497. The van der Waals surface area contributed by atoms with Crippen molar-refractivity contribution in [3.63, 3.8) is 0 Å². The molecule has 0 aliphatic carbocycles. The van der Waals surface area contributed by atoms with Gasteiger partial charge in [0.1, 0.15) is 0 Å². The summed E-state index contributed by atoms with van der Waals surface area (Å²) in [6.45, 7) is 12.9. The van der Waals surface area contributed by atoms with Crippen LogP contribution in [0.3, 0.4) is 0 Å². The first-order valence-corrected chi connectivity index (χ1v) is 6.91. The van der Waals surface area contributed by atoms with Crippen molar-refractivity contribution in [2.75, 3.05) is 19.6 Å². The maximum absolute atomic E-state index is 2.59. The van der Waals surface area contributed by atoms with Crippen molar-refractivity contribution in [3.8, 4) is 0 Å². The molecule has 0 aromatic rings. The first-order valence-electron chi connectivity index (χ1n) is 6.91. The average Bonchev–Trinajstić information content (AvgIpc) is 2.19. The van der Waals surface area contributed by atoms with Crippen LogP contribution in [0.1, 0.15) is 59.8 Å². The summed E-state index contributed by atoms with van der Waals surface area (Å²) in [5, 5.41) is 0. The van der Waals surface area contributed by atoms with Gasteiger partial charge in [-0.2, -0.15) is 0 Å². The molecule has 0 radical (unpaired) electrons. The molecule has 16 heavy (non-hydrogen) atoms. The lowest BCUT2D eigenvalue weighted by molar-refractivity contribution is 0.202. The summed E-state index contributed by atoms with van der Waals surface area (Å²) in [6, 6.07) is 0. The van der Waals surface area contributed by atoms with Gasteiger partial charge < -0.3 is 0 Å². The fourth-order valence-corrected chi connectivity index (χ4v) is 2.40. The summed E-state index contributed by atoms with van der Waals surface area (Å²) < 4.78 is 0. The third kappa shape index (κ3) is 5.69. The largest absolute Gasteiger partial charge is 0.299 e. The van der Waals surface area contributed by atoms with Crippen LogP contribution in [0, 0.1) is 5.41 Å². The number of hydrogen-bond acceptors (Lipinski definition) is 1. The molecule has 1 rings (SSSR count). The van der Waals surface area contributed by atoms with Crippen LogP contribution in [0.5, 0.6) is 0 Å². The summed E-state index contributed by atoms with van der Waals surface area (Å²) in [5.41, 5.74) is 2.15. The first-order chi connectivity index (χ1) is 7.51. The van der Waals surface area contributed by atoms with E-state index < -0.39 is 0 Å². The molecule has 0 atom stereocenters. The number of nitrogens with zero attached hydrogens (tertiary/aromatic N) is 1. The molecule has 0 saturated heterocycles. The SMILES string of the molecule is CCCCCC1=CCN(CC(C)(C)C)CC1. The van der Waals surface area contributed by atoms with Gasteiger partial charge in [0, 0.05) is 19.6 Å². The monoisotopic (exact) mass is 223 g/mol. The highest BCUT2D eigenvalue weighted by atomic mass is 15.1. The van der Waals surface area contributed by atoms with Crippen LogP contribution in [0.2, 0.25) is 0 Å². The number of hydrogen-bond donors (Lipinski definition) is 0. The molecule has 1 nitrogen and oxygen atoms in total. The zero-order valence-electron chi connectivity index (χ0n) is 11.7. The molecule has 0 bridgehead atoms. The molecule has 1 aliphatic rings. The molecule has 0 spiro atoms. The third-order valence-corrected chi connectivity index (χ3v) is 3.19. The fraction of sp³-hybridized carbons (Fsp3) is 0.867. The highest BCUT2D eigenvalue weighted by molar-refractivity contribution is 5.07. The van der Waals surface area contributed by atoms with Gasteiger partial charge in [-0.1, -0.05) is 52.2 Å². The molecular weight excluding hydrogens is 194 g/mol. The minimum Gasteiger partial charge on any atom is -0.299 e. The molecule has 0 fully saturated rings. The van der Waals surface area contributed by atoms with E-state index >= 15 is 0 Å². The minimum absolute atomic E-state index is 0.438. The van der Waals surface area contributed by atoms with Gasteiger partial charge in [-0.25, -0.2) is 0 Å². The standard InChI is InChI=1S/C15H29N/c1-5-6-7-8-14-9-11-16(12-10-14)13-15(2,3)4/h9H,5-8,10-13H2,1-4H3. The highest BCUT2D eigenvalue weighted by Gasteiger charge is 2.18. The Hall–Kier alpha value is -0.300. The Balaban J connectivity index is 2.25. The van der Waals surface area contributed by atoms with E-state index in [2.05, 4.69) is 38.7 Å². The van der Waals surface area contributed by atoms with Crippen LogP contribution in [-0.2, 0) is 0 Å². The van der Waals surface area contributed by atoms with E-state index in [1.165, 1.54) is 51.7 Å². The second-order valence-electron chi connectivity index (χ2n) is 6.37. The van der Waals surface area contributed by atoms with E-state index in [-0.39, 0.29) is 0 Å². The van der Waals surface area contributed by atoms with Crippen molar-refractivity contribution < 1.29 is 0 Å². The summed E-state index contributed by atoms with van der Waals surface area (Å²) >= 11 is 0. The molecule has 0 aromatic heterocycles. The summed E-state index contributed by atoms with van der Waals surface area (Å²) in [5.74, 6) is 0. The van der Waals surface area contributed by atoms with Crippen molar-refractivity contribution in [3.05, 3.63) is 11.6 Å². The normalized spacial score (nSPS) is 18.6. The Morgan fingerprint density at radius 2 is 2.00 bits per heavy atom. The molecule has 0 amide bonds. The van der Waals surface area contributed by atoms with Gasteiger partial charge in [0.25, 0.3) is 0 Å². The van der Waals surface area contributed by atoms with E-state index in [1.54, 1.807) is 5.57 Å². The van der Waals surface area contributed by atoms with Crippen LogP contribution in [0.25, 0.3) is 0 Å². The van der Waals surface area contributed by atoms with Crippen LogP contribution in [0.4, 0.5) is 0 Å². The lowest BCUT2D eigenvalue weighted by Gasteiger charge is -2.32. The molecule has 1 heteroatoms. The third-order valence-electron chi connectivity index (χ3n) is 3.19. The maximum Gasteiger partial charge on any atom is 0.0166 e. The van der Waals surface area contributed by atoms with Crippen molar-refractivity contribution in [1.29, 1.82) is 0 Å². The highest BCUT2D eigenvalue weighted by Crippen LogP contribution is 2.21. The predicted molar refractivity (Wildman–Crippen MR) is 72.7 cm³/mol. The zero-order chi connectivity index (χ0) is 12.0. The van der Waals surface area contributed by atoms with Gasteiger partial charge in [0.05, 0.1) is 0 Å². The van der Waals surface area contributed by atoms with E-state index in [9.17, 15) is 0 Å². The van der Waals surface area contributed by atoms with Gasteiger partial charge in [-0.3, -0.25) is 4.90 Å². The Morgan fingerprint density at radius 3 is 2.50 bits per heavy atom. The van der Waals surface area contributed by atoms with Crippen LogP contribution >= 0.6 is 0 Å². The molecule has 94 valence electrons. The summed E-state index contributed by atoms with van der Waals surface area (Å²) in [4.78, 5) is 2.59. The Kier molecular flexibility index (Phi) is 5.54. The van der Waals surface area contributed by atoms with Crippen LogP contribution in [0.15, 0.2) is 11.6 Å². The van der Waals surface area contributed by atoms with Crippen LogP contribution < -0.4 is 0 Å². The maximum atomic E-state index is 2.59. The van der Waals surface area contributed by atoms with Crippen molar-refractivity contribution >= 4 is 0 Å². The van der Waals surface area contributed by atoms with E-state index in [0.29, 0.717) is 5.41 Å². The Labute approximate surface area is 102 Å². The van der Waals surface area contributed by atoms with Gasteiger partial charge in [0.2, 0.25) is 0 Å². The predicted octanol–water partition coefficient (Wildman–Crippen LogP) is 4.24. The van der Waals surface area contributed by atoms with Gasteiger partial charge in [-0.05, 0) is 24.7 Å². The average molecular weight is 223 g/mol. The summed E-state index contributed by atoms with van der Waals surface area (Å²) in [6.07, 6.45) is 9.25. The van der Waals surface area contributed by atoms with Gasteiger partial charge in [-0.15, -0.1) is 0 Å². The van der Waals surface area contributed by atoms with Crippen molar-refractivity contribution in [2.45, 2.75) is 59.8 Å². The minimum atomic E-state index is 0.438. The zero-order valence-corrected chi connectivity index (χ0v) is 11.7. The number of unbranched alkanes of at least 4 members (excludes halogenated alkanes) is 2. The first kappa shape index (κ1) is 13.8. The molecule has 1 heterocycles. The smallest absolute Gasteiger partial charge is 0.0166 e. The van der Waals surface area contributed by atoms with E-state index in [0.717, 1.165) is 0 Å². The molecule has 0 N–H and O–H groups in total. The summed E-state index contributed by atoms with van der Waals surface area (Å²) in [7, 11) is 0. The Morgan fingerprint density at radius 1 is 1.25 bits per heavy atom. The molecule has 0 unspecified atom stereocenters. The second kappa shape index (κ2) is 6.44. The molecule has 1 aliphatic heterocycles.